The third kappa shape index (κ3) is 2.16. The monoisotopic (exact) mass is 238 g/mol. The summed E-state index contributed by atoms with van der Waals surface area (Å²) in [5, 5.41) is 7.18. The van der Waals surface area contributed by atoms with Gasteiger partial charge in [-0.1, -0.05) is 20.3 Å². The number of aromatic nitrogens is 1. The van der Waals surface area contributed by atoms with Crippen LogP contribution in [0, 0.1) is 12.8 Å². The Labute approximate surface area is 102 Å². The zero-order chi connectivity index (χ0) is 11.6. The van der Waals surface area contributed by atoms with Crippen molar-refractivity contribution >= 4 is 11.3 Å². The second-order valence-corrected chi connectivity index (χ2v) is 5.78. The van der Waals surface area contributed by atoms with Crippen LogP contribution in [-0.2, 0) is 5.54 Å². The summed E-state index contributed by atoms with van der Waals surface area (Å²) in [6.45, 7) is 7.63. The van der Waals surface area contributed by atoms with Gasteiger partial charge in [-0.15, -0.1) is 11.3 Å². The fraction of sp³-hybridized carbons (Fsp3) is 0.769. The molecule has 0 bridgehead atoms. The van der Waals surface area contributed by atoms with Crippen molar-refractivity contribution < 1.29 is 0 Å². The average Bonchev–Trinajstić information content (AvgIpc) is 2.86. The first-order valence-corrected chi connectivity index (χ1v) is 7.25. The van der Waals surface area contributed by atoms with Crippen molar-refractivity contribution in [2.75, 3.05) is 6.54 Å². The smallest absolute Gasteiger partial charge is 0.113 e. The predicted molar refractivity (Wildman–Crippen MR) is 69.8 cm³/mol. The molecule has 2 unspecified atom stereocenters. The van der Waals surface area contributed by atoms with Crippen LogP contribution in [0.3, 0.4) is 0 Å². The van der Waals surface area contributed by atoms with E-state index in [1.54, 1.807) is 0 Å². The van der Waals surface area contributed by atoms with Crippen LogP contribution in [0.15, 0.2) is 5.38 Å². The van der Waals surface area contributed by atoms with Crippen molar-refractivity contribution in [2.24, 2.45) is 5.92 Å². The molecular weight excluding hydrogens is 216 g/mol. The van der Waals surface area contributed by atoms with Crippen LogP contribution >= 0.6 is 11.3 Å². The van der Waals surface area contributed by atoms with Crippen LogP contribution < -0.4 is 5.32 Å². The lowest BCUT2D eigenvalue weighted by Crippen LogP contribution is -2.40. The second-order valence-electron chi connectivity index (χ2n) is 4.92. The molecule has 2 nitrogen and oxygen atoms in total. The maximum atomic E-state index is 4.71. The van der Waals surface area contributed by atoms with Crippen molar-refractivity contribution in [3.05, 3.63) is 16.1 Å². The van der Waals surface area contributed by atoms with Gasteiger partial charge in [-0.2, -0.15) is 0 Å². The molecule has 0 aliphatic heterocycles. The van der Waals surface area contributed by atoms with Crippen LogP contribution in [0.4, 0.5) is 0 Å². The quantitative estimate of drug-likeness (QED) is 0.869. The Morgan fingerprint density at radius 3 is 2.88 bits per heavy atom. The molecule has 1 saturated carbocycles. The minimum Gasteiger partial charge on any atom is -0.306 e. The molecule has 0 amide bonds. The molecule has 2 atom stereocenters. The summed E-state index contributed by atoms with van der Waals surface area (Å²) in [5.74, 6) is 0.878. The highest BCUT2D eigenvalue weighted by molar-refractivity contribution is 7.09. The Balaban J connectivity index is 2.23. The lowest BCUT2D eigenvalue weighted by Gasteiger charge is -2.28. The van der Waals surface area contributed by atoms with Gasteiger partial charge in [0.1, 0.15) is 5.01 Å². The lowest BCUT2D eigenvalue weighted by molar-refractivity contribution is 0.331. The van der Waals surface area contributed by atoms with Gasteiger partial charge in [0.15, 0.2) is 0 Å². The van der Waals surface area contributed by atoms with Gasteiger partial charge in [0, 0.05) is 11.1 Å². The number of hydrogen-bond donors (Lipinski definition) is 1. The molecule has 90 valence electrons. The SMILES string of the molecule is CCNC1(c2nc(C)cs2)CCC(CC)C1. The van der Waals surface area contributed by atoms with Gasteiger partial charge in [-0.3, -0.25) is 0 Å². The summed E-state index contributed by atoms with van der Waals surface area (Å²) < 4.78 is 0. The van der Waals surface area contributed by atoms with Crippen molar-refractivity contribution in [1.82, 2.24) is 10.3 Å². The summed E-state index contributed by atoms with van der Waals surface area (Å²) in [4.78, 5) is 4.71. The summed E-state index contributed by atoms with van der Waals surface area (Å²) in [7, 11) is 0. The first kappa shape index (κ1) is 12.1. The summed E-state index contributed by atoms with van der Waals surface area (Å²) in [5.41, 5.74) is 1.35. The molecule has 1 aliphatic rings. The topological polar surface area (TPSA) is 24.9 Å². The Morgan fingerprint density at radius 1 is 1.56 bits per heavy atom. The minimum atomic E-state index is 0.189. The highest BCUT2D eigenvalue weighted by Crippen LogP contribution is 2.44. The molecule has 0 aromatic carbocycles. The molecule has 1 aromatic heterocycles. The van der Waals surface area contributed by atoms with E-state index in [0.29, 0.717) is 0 Å². The molecule has 1 heterocycles. The Hall–Kier alpha value is -0.410. The normalized spacial score (nSPS) is 29.8. The lowest BCUT2D eigenvalue weighted by atomic mass is 9.95. The molecule has 0 spiro atoms. The van der Waals surface area contributed by atoms with E-state index in [-0.39, 0.29) is 5.54 Å². The number of aryl methyl sites for hydroxylation is 1. The van der Waals surface area contributed by atoms with Crippen LogP contribution in [-0.4, -0.2) is 11.5 Å². The van der Waals surface area contributed by atoms with E-state index in [2.05, 4.69) is 31.5 Å². The van der Waals surface area contributed by atoms with Crippen LogP contribution in [0.5, 0.6) is 0 Å². The number of hydrogen-bond acceptors (Lipinski definition) is 3. The second kappa shape index (κ2) is 4.84. The highest BCUT2D eigenvalue weighted by atomic mass is 32.1. The molecule has 1 N–H and O–H groups in total. The molecule has 3 heteroatoms. The maximum Gasteiger partial charge on any atom is 0.113 e. The Bertz CT molecular complexity index is 347. The van der Waals surface area contributed by atoms with Crippen LogP contribution in [0.25, 0.3) is 0 Å². The molecule has 0 saturated heterocycles. The van der Waals surface area contributed by atoms with Crippen molar-refractivity contribution in [1.29, 1.82) is 0 Å². The summed E-state index contributed by atoms with van der Waals surface area (Å²) >= 11 is 1.82. The van der Waals surface area contributed by atoms with Crippen LogP contribution in [0.1, 0.15) is 50.2 Å². The van der Waals surface area contributed by atoms with Crippen molar-refractivity contribution in [3.8, 4) is 0 Å². The Morgan fingerprint density at radius 2 is 2.38 bits per heavy atom. The van der Waals surface area contributed by atoms with E-state index in [0.717, 1.165) is 18.2 Å². The predicted octanol–water partition coefficient (Wildman–Crippen LogP) is 3.47. The van der Waals surface area contributed by atoms with E-state index in [4.69, 9.17) is 4.98 Å². The molecule has 1 fully saturated rings. The zero-order valence-electron chi connectivity index (χ0n) is 10.5. The number of nitrogens with zero attached hydrogens (tertiary/aromatic N) is 1. The fourth-order valence-corrected chi connectivity index (χ4v) is 3.85. The van der Waals surface area contributed by atoms with Gasteiger partial charge in [-0.05, 0) is 38.6 Å². The average molecular weight is 238 g/mol. The number of thiazole rings is 1. The van der Waals surface area contributed by atoms with E-state index in [9.17, 15) is 0 Å². The van der Waals surface area contributed by atoms with E-state index in [1.807, 2.05) is 11.3 Å². The molecular formula is C13H22N2S. The molecule has 16 heavy (non-hydrogen) atoms. The molecule has 1 aromatic rings. The number of nitrogens with one attached hydrogen (secondary N) is 1. The van der Waals surface area contributed by atoms with Gasteiger partial charge >= 0.3 is 0 Å². The van der Waals surface area contributed by atoms with Crippen molar-refractivity contribution in [2.45, 2.75) is 52.0 Å². The fourth-order valence-electron chi connectivity index (χ4n) is 2.84. The largest absolute Gasteiger partial charge is 0.306 e. The first-order chi connectivity index (χ1) is 7.70. The van der Waals surface area contributed by atoms with Gasteiger partial charge < -0.3 is 5.32 Å². The zero-order valence-corrected chi connectivity index (χ0v) is 11.4. The molecule has 2 rings (SSSR count). The summed E-state index contributed by atoms with van der Waals surface area (Å²) in [6, 6.07) is 0. The summed E-state index contributed by atoms with van der Waals surface area (Å²) in [6.07, 6.45) is 5.18. The standard InChI is InChI=1S/C13H22N2S/c1-4-11-6-7-13(8-11,14-5-2)12-15-10(3)9-16-12/h9,11,14H,4-8H2,1-3H3. The molecule has 1 aliphatic carbocycles. The number of rotatable bonds is 4. The van der Waals surface area contributed by atoms with E-state index < -0.39 is 0 Å². The van der Waals surface area contributed by atoms with Crippen LogP contribution in [0.2, 0.25) is 0 Å². The van der Waals surface area contributed by atoms with Gasteiger partial charge in [0.25, 0.3) is 0 Å². The van der Waals surface area contributed by atoms with Gasteiger partial charge in [0.05, 0.1) is 5.54 Å². The first-order valence-electron chi connectivity index (χ1n) is 6.38. The molecule has 0 radical (unpaired) electrons. The Kier molecular flexibility index (Phi) is 3.65. The van der Waals surface area contributed by atoms with E-state index >= 15 is 0 Å². The highest BCUT2D eigenvalue weighted by Gasteiger charge is 2.41. The van der Waals surface area contributed by atoms with Gasteiger partial charge in [0.2, 0.25) is 0 Å². The van der Waals surface area contributed by atoms with E-state index in [1.165, 1.54) is 30.7 Å². The third-order valence-corrected chi connectivity index (χ3v) is 4.90. The van der Waals surface area contributed by atoms with Gasteiger partial charge in [-0.25, -0.2) is 4.98 Å². The maximum absolute atomic E-state index is 4.71. The minimum absolute atomic E-state index is 0.189. The van der Waals surface area contributed by atoms with Crippen molar-refractivity contribution in [3.63, 3.8) is 0 Å². The third-order valence-electron chi connectivity index (χ3n) is 3.74.